The number of ether oxygens (including phenoxy) is 2. The van der Waals surface area contributed by atoms with Crippen molar-refractivity contribution < 1.29 is 19.4 Å². The number of phenols is 1. The van der Waals surface area contributed by atoms with E-state index in [9.17, 15) is 9.90 Å². The van der Waals surface area contributed by atoms with Gasteiger partial charge in [-0.2, -0.15) is 0 Å². The van der Waals surface area contributed by atoms with Crippen LogP contribution in [0.2, 0.25) is 0 Å². The Morgan fingerprint density at radius 2 is 2.10 bits per heavy atom. The quantitative estimate of drug-likeness (QED) is 0.586. The summed E-state index contributed by atoms with van der Waals surface area (Å²) >= 11 is 0. The number of benzene rings is 2. The van der Waals surface area contributed by atoms with Crippen LogP contribution in [0.5, 0.6) is 5.75 Å². The average Bonchev–Trinajstić information content (AvgIpc) is 3.14. The number of para-hydroxylation sites is 1. The van der Waals surface area contributed by atoms with Gasteiger partial charge < -0.3 is 30.6 Å². The summed E-state index contributed by atoms with van der Waals surface area (Å²) < 4.78 is 12.8. The smallest absolute Gasteiger partial charge is 0.404 e. The van der Waals surface area contributed by atoms with Crippen LogP contribution in [0.15, 0.2) is 34.3 Å². The summed E-state index contributed by atoms with van der Waals surface area (Å²) in [6, 6.07) is 7.48. The van der Waals surface area contributed by atoms with Gasteiger partial charge in [-0.3, -0.25) is 4.99 Å². The summed E-state index contributed by atoms with van der Waals surface area (Å²) in [7, 11) is 1.58. The highest BCUT2D eigenvalue weighted by atomic mass is 16.5. The van der Waals surface area contributed by atoms with Crippen LogP contribution in [-0.2, 0) is 29.2 Å². The molecular weight excluding hydrogens is 398 g/mol. The van der Waals surface area contributed by atoms with E-state index in [4.69, 9.17) is 30.9 Å². The molecule has 2 atom stereocenters. The van der Waals surface area contributed by atoms with Crippen LogP contribution < -0.4 is 22.2 Å². The molecule has 3 heterocycles. The number of nitrogens with two attached hydrogens (primary N) is 2. The third kappa shape index (κ3) is 2.81. The van der Waals surface area contributed by atoms with Crippen LogP contribution >= 0.6 is 0 Å². The summed E-state index contributed by atoms with van der Waals surface area (Å²) in [6.45, 7) is 2.63. The van der Waals surface area contributed by atoms with E-state index in [1.807, 2.05) is 35.8 Å². The minimum atomic E-state index is -0.890. The molecule has 3 aromatic rings. The Kier molecular flexibility index (Phi) is 4.45. The summed E-state index contributed by atoms with van der Waals surface area (Å²) in [4.78, 5) is 21.1. The predicted molar refractivity (Wildman–Crippen MR) is 113 cm³/mol. The van der Waals surface area contributed by atoms with Crippen molar-refractivity contribution in [3.63, 3.8) is 0 Å². The summed E-state index contributed by atoms with van der Waals surface area (Å²) in [5.41, 5.74) is 16.0. The third-order valence-corrected chi connectivity index (χ3v) is 6.10. The van der Waals surface area contributed by atoms with Gasteiger partial charge in [0.1, 0.15) is 18.5 Å². The average molecular weight is 421 g/mol. The maximum absolute atomic E-state index is 11.4. The zero-order valence-electron chi connectivity index (χ0n) is 17.3. The molecule has 0 saturated heterocycles. The highest BCUT2D eigenvalue weighted by Gasteiger charge is 2.37. The SMILES string of the molecule is CO[C@@H]1c2c(COC(N)=O)c3c4c(c(C)c(O)c3n2C[C@@H]1N)=NCc1ccccc1N=4. The van der Waals surface area contributed by atoms with Gasteiger partial charge in [0.2, 0.25) is 0 Å². The van der Waals surface area contributed by atoms with E-state index in [1.54, 1.807) is 7.11 Å². The van der Waals surface area contributed by atoms with Crippen molar-refractivity contribution in [1.82, 2.24) is 4.57 Å². The Labute approximate surface area is 177 Å². The van der Waals surface area contributed by atoms with Gasteiger partial charge in [0.05, 0.1) is 40.2 Å². The number of methoxy groups -OCH3 is 1. The second-order valence-electron chi connectivity index (χ2n) is 7.85. The molecule has 0 bridgehead atoms. The van der Waals surface area contributed by atoms with E-state index in [0.717, 1.165) is 16.9 Å². The zero-order chi connectivity index (χ0) is 21.9. The molecule has 160 valence electrons. The van der Waals surface area contributed by atoms with Crippen LogP contribution in [0.1, 0.15) is 28.5 Å². The Hall–Kier alpha value is -3.43. The van der Waals surface area contributed by atoms with Crippen molar-refractivity contribution in [1.29, 1.82) is 0 Å². The van der Waals surface area contributed by atoms with Crippen LogP contribution in [0.3, 0.4) is 0 Å². The first-order valence-corrected chi connectivity index (χ1v) is 10.0. The Morgan fingerprint density at radius 1 is 1.32 bits per heavy atom. The maximum atomic E-state index is 11.4. The monoisotopic (exact) mass is 421 g/mol. The van der Waals surface area contributed by atoms with Crippen molar-refractivity contribution in [2.24, 2.45) is 21.5 Å². The van der Waals surface area contributed by atoms with Crippen LogP contribution in [0.4, 0.5) is 10.5 Å². The summed E-state index contributed by atoms with van der Waals surface area (Å²) in [6.07, 6.45) is -1.32. The molecule has 2 aliphatic heterocycles. The van der Waals surface area contributed by atoms with Gasteiger partial charge in [-0.1, -0.05) is 18.2 Å². The molecule has 2 aromatic carbocycles. The fraction of sp³-hybridized carbons (Fsp3) is 0.318. The molecule has 5 rings (SSSR count). The topological polar surface area (TPSA) is 137 Å². The number of primary amides is 1. The molecule has 0 saturated carbocycles. The van der Waals surface area contributed by atoms with Crippen molar-refractivity contribution >= 4 is 22.7 Å². The molecule has 0 spiro atoms. The molecule has 5 N–H and O–H groups in total. The second kappa shape index (κ2) is 7.07. The number of carbonyl (C=O) groups excluding carboxylic acids is 1. The van der Waals surface area contributed by atoms with E-state index < -0.39 is 12.2 Å². The number of aromatic nitrogens is 1. The highest BCUT2D eigenvalue weighted by molar-refractivity contribution is 5.92. The number of rotatable bonds is 3. The number of nitrogens with zero attached hydrogens (tertiary/aromatic N) is 3. The molecule has 0 fully saturated rings. The standard InChI is InChI=1S/C22H23N5O4/c1-10-16-17(26-14-6-4-3-5-11(14)7-25-16)15-12(9-31-22(24)29)18-21(30-2)13(23)8-27(18)19(15)20(10)28/h3-6,13,21,28H,7-9,23H2,1-2H3,(H2,24,29)/t13-,21-/m0/s1. The lowest BCUT2D eigenvalue weighted by molar-refractivity contribution is 0.0878. The van der Waals surface area contributed by atoms with Crippen LogP contribution in [0, 0.1) is 6.92 Å². The minimum Gasteiger partial charge on any atom is -0.505 e. The molecule has 9 heteroatoms. The lowest BCUT2D eigenvalue weighted by Gasteiger charge is -2.15. The van der Waals surface area contributed by atoms with Crippen LogP contribution in [0.25, 0.3) is 10.9 Å². The normalized spacial score (nSPS) is 19.1. The molecule has 0 unspecified atom stereocenters. The van der Waals surface area contributed by atoms with Crippen molar-refractivity contribution in [3.8, 4) is 5.75 Å². The molecule has 1 amide bonds. The number of carbonyl (C=O) groups is 1. The van der Waals surface area contributed by atoms with Gasteiger partial charge >= 0.3 is 6.09 Å². The predicted octanol–water partition coefficient (Wildman–Crippen LogP) is 1.36. The Bertz CT molecular complexity index is 1360. The number of hydrogen-bond donors (Lipinski definition) is 3. The summed E-state index contributed by atoms with van der Waals surface area (Å²) in [5.74, 6) is 0.106. The lowest BCUT2D eigenvalue weighted by atomic mass is 10.0. The van der Waals surface area contributed by atoms with Crippen molar-refractivity contribution in [2.75, 3.05) is 7.11 Å². The molecular formula is C22H23N5O4. The van der Waals surface area contributed by atoms with E-state index in [-0.39, 0.29) is 18.4 Å². The van der Waals surface area contributed by atoms with E-state index in [1.165, 1.54) is 0 Å². The largest absolute Gasteiger partial charge is 0.505 e. The fourth-order valence-electron chi connectivity index (χ4n) is 4.72. The lowest BCUT2D eigenvalue weighted by Crippen LogP contribution is -2.31. The van der Waals surface area contributed by atoms with Gasteiger partial charge in [-0.25, -0.2) is 9.79 Å². The van der Waals surface area contributed by atoms with Gasteiger partial charge in [-0.05, 0) is 18.6 Å². The molecule has 0 aliphatic carbocycles. The fourth-order valence-corrected chi connectivity index (χ4v) is 4.72. The van der Waals surface area contributed by atoms with E-state index in [2.05, 4.69) is 0 Å². The molecule has 1 aromatic heterocycles. The first kappa shape index (κ1) is 19.5. The molecule has 9 nitrogen and oxygen atoms in total. The van der Waals surface area contributed by atoms with E-state index >= 15 is 0 Å². The maximum Gasteiger partial charge on any atom is 0.404 e. The van der Waals surface area contributed by atoms with E-state index in [0.29, 0.717) is 45.8 Å². The van der Waals surface area contributed by atoms with Gasteiger partial charge in [-0.15, -0.1) is 0 Å². The number of phenolic OH excluding ortho intramolecular Hbond substituents is 1. The van der Waals surface area contributed by atoms with Gasteiger partial charge in [0, 0.05) is 30.2 Å². The van der Waals surface area contributed by atoms with Gasteiger partial charge in [0.15, 0.2) is 0 Å². The van der Waals surface area contributed by atoms with Crippen molar-refractivity contribution in [3.05, 3.63) is 57.4 Å². The number of fused-ring (bicyclic) bond motifs is 6. The molecule has 2 aliphatic rings. The number of amides is 1. The number of aromatic hydroxyl groups is 1. The molecule has 0 radical (unpaired) electrons. The summed E-state index contributed by atoms with van der Waals surface area (Å²) in [5, 5.41) is 13.1. The van der Waals surface area contributed by atoms with Crippen LogP contribution in [-0.4, -0.2) is 28.9 Å². The first-order valence-electron chi connectivity index (χ1n) is 10.0. The highest BCUT2D eigenvalue weighted by Crippen LogP contribution is 2.41. The van der Waals surface area contributed by atoms with Gasteiger partial charge in [0.25, 0.3) is 0 Å². The zero-order valence-corrected chi connectivity index (χ0v) is 17.3. The Balaban J connectivity index is 1.95. The second-order valence-corrected chi connectivity index (χ2v) is 7.85. The van der Waals surface area contributed by atoms with Crippen molar-refractivity contribution in [2.45, 2.75) is 38.8 Å². The molecule has 31 heavy (non-hydrogen) atoms. The number of hydrogen-bond acceptors (Lipinski definition) is 7. The Morgan fingerprint density at radius 3 is 2.84 bits per heavy atom. The first-order chi connectivity index (χ1) is 14.9. The third-order valence-electron chi connectivity index (χ3n) is 6.10. The minimum absolute atomic E-state index is 0.0904.